The molecule has 0 spiro atoms. The highest BCUT2D eigenvalue weighted by Gasteiger charge is 2.03. The van der Waals surface area contributed by atoms with E-state index in [0.29, 0.717) is 0 Å². The van der Waals surface area contributed by atoms with Crippen LogP contribution in [0.3, 0.4) is 0 Å². The molecule has 1 N–H and O–H groups in total. The summed E-state index contributed by atoms with van der Waals surface area (Å²) >= 11 is 0. The molecule has 1 aromatic carbocycles. The van der Waals surface area contributed by atoms with Crippen LogP contribution in [0.15, 0.2) is 36.7 Å². The molecule has 0 fully saturated rings. The number of ether oxygens (including phenoxy) is 1. The Labute approximate surface area is 120 Å². The lowest BCUT2D eigenvalue weighted by atomic mass is 10.3. The average Bonchev–Trinajstić information content (AvgIpc) is 2.91. The molecule has 0 bridgehead atoms. The molecule has 0 saturated heterocycles. The summed E-state index contributed by atoms with van der Waals surface area (Å²) in [7, 11) is 0. The first-order chi connectivity index (χ1) is 9.83. The molecule has 0 aliphatic carbocycles. The van der Waals surface area contributed by atoms with E-state index in [4.69, 9.17) is 4.74 Å². The first-order valence-electron chi connectivity index (χ1n) is 7.34. The van der Waals surface area contributed by atoms with Gasteiger partial charge in [0.2, 0.25) is 5.95 Å². The van der Waals surface area contributed by atoms with E-state index in [9.17, 15) is 0 Å². The number of aromatic nitrogens is 2. The maximum atomic E-state index is 5.57. The molecule has 108 valence electrons. The van der Waals surface area contributed by atoms with Crippen LogP contribution in [0, 0.1) is 0 Å². The zero-order valence-corrected chi connectivity index (χ0v) is 12.3. The van der Waals surface area contributed by atoms with Crippen LogP contribution in [-0.2, 0) is 6.54 Å². The maximum absolute atomic E-state index is 5.57. The molecule has 0 saturated carbocycles. The Hall–Kier alpha value is -1.97. The predicted molar refractivity (Wildman–Crippen MR) is 82.6 cm³/mol. The molecular formula is C16H23N3O. The molecule has 4 nitrogen and oxygen atoms in total. The summed E-state index contributed by atoms with van der Waals surface area (Å²) in [5, 5.41) is 3.34. The highest BCUT2D eigenvalue weighted by Crippen LogP contribution is 2.19. The Morgan fingerprint density at radius 3 is 2.65 bits per heavy atom. The van der Waals surface area contributed by atoms with E-state index in [-0.39, 0.29) is 0 Å². The summed E-state index contributed by atoms with van der Waals surface area (Å²) < 4.78 is 7.72. The van der Waals surface area contributed by atoms with Gasteiger partial charge < -0.3 is 14.6 Å². The summed E-state index contributed by atoms with van der Waals surface area (Å²) in [5.74, 6) is 1.80. The van der Waals surface area contributed by atoms with Gasteiger partial charge in [0.1, 0.15) is 5.75 Å². The van der Waals surface area contributed by atoms with Gasteiger partial charge in [-0.15, -0.1) is 0 Å². The lowest BCUT2D eigenvalue weighted by molar-refractivity contribution is 0.317. The molecule has 0 radical (unpaired) electrons. The Bertz CT molecular complexity index is 505. The minimum absolute atomic E-state index is 0.758. The number of rotatable bonds is 8. The molecule has 0 aliphatic rings. The van der Waals surface area contributed by atoms with E-state index in [2.05, 4.69) is 28.7 Å². The van der Waals surface area contributed by atoms with Crippen molar-refractivity contribution in [2.45, 2.75) is 39.7 Å². The molecule has 0 amide bonds. The normalized spacial score (nSPS) is 10.5. The predicted octanol–water partition coefficient (Wildman–Crippen LogP) is 4.22. The standard InChI is InChI=1S/C16H23N3O/c1-3-5-11-19-12-10-17-16(19)18-14-6-8-15(9-7-14)20-13-4-2/h6-10,12H,3-5,11,13H2,1-2H3,(H,17,18). The Morgan fingerprint density at radius 1 is 1.15 bits per heavy atom. The fraction of sp³-hybridized carbons (Fsp3) is 0.438. The lowest BCUT2D eigenvalue weighted by Gasteiger charge is -2.10. The van der Waals surface area contributed by atoms with E-state index >= 15 is 0 Å². The van der Waals surface area contributed by atoms with Crippen LogP contribution >= 0.6 is 0 Å². The summed E-state index contributed by atoms with van der Waals surface area (Å²) in [6.45, 7) is 6.05. The van der Waals surface area contributed by atoms with Gasteiger partial charge in [0, 0.05) is 24.6 Å². The van der Waals surface area contributed by atoms with Crippen molar-refractivity contribution >= 4 is 11.6 Å². The fourth-order valence-electron chi connectivity index (χ4n) is 1.93. The van der Waals surface area contributed by atoms with E-state index in [1.165, 1.54) is 6.42 Å². The molecular weight excluding hydrogens is 250 g/mol. The van der Waals surface area contributed by atoms with E-state index < -0.39 is 0 Å². The largest absolute Gasteiger partial charge is 0.494 e. The number of aryl methyl sites for hydroxylation is 1. The van der Waals surface area contributed by atoms with Crippen LogP contribution in [-0.4, -0.2) is 16.2 Å². The first kappa shape index (κ1) is 14.4. The first-order valence-corrected chi connectivity index (χ1v) is 7.34. The Balaban J connectivity index is 1.97. The zero-order chi connectivity index (χ0) is 14.2. The monoisotopic (exact) mass is 273 g/mol. The van der Waals surface area contributed by atoms with E-state index in [0.717, 1.165) is 43.4 Å². The molecule has 2 rings (SSSR count). The van der Waals surface area contributed by atoms with Crippen molar-refractivity contribution in [2.75, 3.05) is 11.9 Å². The lowest BCUT2D eigenvalue weighted by Crippen LogP contribution is -2.03. The van der Waals surface area contributed by atoms with Crippen LogP contribution in [0.2, 0.25) is 0 Å². The molecule has 0 aliphatic heterocycles. The van der Waals surface area contributed by atoms with Gasteiger partial charge in [0.05, 0.1) is 6.61 Å². The van der Waals surface area contributed by atoms with Gasteiger partial charge in [-0.2, -0.15) is 0 Å². The van der Waals surface area contributed by atoms with Crippen molar-refractivity contribution in [3.8, 4) is 5.75 Å². The number of anilines is 2. The van der Waals surface area contributed by atoms with Gasteiger partial charge in [-0.05, 0) is 37.1 Å². The number of benzene rings is 1. The second-order valence-corrected chi connectivity index (χ2v) is 4.80. The summed E-state index contributed by atoms with van der Waals surface area (Å²) in [6.07, 6.45) is 7.21. The minimum atomic E-state index is 0.758. The molecule has 0 atom stereocenters. The second kappa shape index (κ2) is 7.58. The Morgan fingerprint density at radius 2 is 1.95 bits per heavy atom. The number of imidazole rings is 1. The SMILES string of the molecule is CCCCn1ccnc1Nc1ccc(OCCC)cc1. The maximum Gasteiger partial charge on any atom is 0.207 e. The number of hydrogen-bond acceptors (Lipinski definition) is 3. The van der Waals surface area contributed by atoms with Gasteiger partial charge in [-0.1, -0.05) is 20.3 Å². The fourth-order valence-corrected chi connectivity index (χ4v) is 1.93. The van der Waals surface area contributed by atoms with Crippen molar-refractivity contribution in [3.63, 3.8) is 0 Å². The van der Waals surface area contributed by atoms with Crippen LogP contribution in [0.1, 0.15) is 33.1 Å². The van der Waals surface area contributed by atoms with Crippen LogP contribution in [0.25, 0.3) is 0 Å². The van der Waals surface area contributed by atoms with Crippen LogP contribution in [0.5, 0.6) is 5.75 Å². The van der Waals surface area contributed by atoms with E-state index in [1.54, 1.807) is 0 Å². The molecule has 1 aromatic heterocycles. The van der Waals surface area contributed by atoms with Gasteiger partial charge >= 0.3 is 0 Å². The number of hydrogen-bond donors (Lipinski definition) is 1. The molecule has 0 unspecified atom stereocenters. The van der Waals surface area contributed by atoms with E-state index in [1.807, 2.05) is 36.7 Å². The van der Waals surface area contributed by atoms with Crippen LogP contribution < -0.4 is 10.1 Å². The highest BCUT2D eigenvalue weighted by atomic mass is 16.5. The van der Waals surface area contributed by atoms with Gasteiger partial charge in [0.15, 0.2) is 0 Å². The number of unbranched alkanes of at least 4 members (excludes halogenated alkanes) is 1. The van der Waals surface area contributed by atoms with Crippen molar-refractivity contribution in [1.29, 1.82) is 0 Å². The second-order valence-electron chi connectivity index (χ2n) is 4.80. The molecule has 4 heteroatoms. The smallest absolute Gasteiger partial charge is 0.207 e. The average molecular weight is 273 g/mol. The highest BCUT2D eigenvalue weighted by molar-refractivity contribution is 5.54. The van der Waals surface area contributed by atoms with Crippen LogP contribution in [0.4, 0.5) is 11.6 Å². The quantitative estimate of drug-likeness (QED) is 0.783. The zero-order valence-electron chi connectivity index (χ0n) is 12.3. The summed E-state index contributed by atoms with van der Waals surface area (Å²) in [6, 6.07) is 8.00. The van der Waals surface area contributed by atoms with Crippen molar-refractivity contribution in [1.82, 2.24) is 9.55 Å². The third-order valence-electron chi connectivity index (χ3n) is 3.05. The third kappa shape index (κ3) is 4.02. The summed E-state index contributed by atoms with van der Waals surface area (Å²) in [5.41, 5.74) is 1.03. The number of nitrogens with one attached hydrogen (secondary N) is 1. The molecule has 2 aromatic rings. The van der Waals surface area contributed by atoms with Gasteiger partial charge in [-0.3, -0.25) is 0 Å². The Kier molecular flexibility index (Phi) is 5.47. The topological polar surface area (TPSA) is 39.1 Å². The molecule has 20 heavy (non-hydrogen) atoms. The van der Waals surface area contributed by atoms with Crippen molar-refractivity contribution in [3.05, 3.63) is 36.7 Å². The van der Waals surface area contributed by atoms with Crippen molar-refractivity contribution < 1.29 is 4.74 Å². The minimum Gasteiger partial charge on any atom is -0.494 e. The van der Waals surface area contributed by atoms with Gasteiger partial charge in [0.25, 0.3) is 0 Å². The summed E-state index contributed by atoms with van der Waals surface area (Å²) in [4.78, 5) is 4.36. The van der Waals surface area contributed by atoms with Gasteiger partial charge in [-0.25, -0.2) is 4.98 Å². The number of nitrogens with zero attached hydrogens (tertiary/aromatic N) is 2. The molecule has 1 heterocycles. The van der Waals surface area contributed by atoms with Crippen molar-refractivity contribution in [2.24, 2.45) is 0 Å². The third-order valence-corrected chi connectivity index (χ3v) is 3.05.